The summed E-state index contributed by atoms with van der Waals surface area (Å²) in [6, 6.07) is 4.77. The molecular formula is C14H22N2O3S. The minimum atomic E-state index is -3.48. The number of rotatable bonds is 7. The van der Waals surface area contributed by atoms with Gasteiger partial charge >= 0.3 is 0 Å². The fourth-order valence-corrected chi connectivity index (χ4v) is 3.45. The summed E-state index contributed by atoms with van der Waals surface area (Å²) in [5.41, 5.74) is 6.48. The number of hydrogen-bond acceptors (Lipinski definition) is 4. The summed E-state index contributed by atoms with van der Waals surface area (Å²) < 4.78 is 32.5. The lowest BCUT2D eigenvalue weighted by molar-refractivity contribution is 0.409. The Hall–Kier alpha value is -1.11. The molecule has 0 aliphatic heterocycles. The molecular weight excluding hydrogens is 276 g/mol. The van der Waals surface area contributed by atoms with E-state index in [1.54, 1.807) is 25.3 Å². The number of hydrogen-bond donors (Lipinski definition) is 2. The number of sulfonamides is 1. The van der Waals surface area contributed by atoms with Crippen molar-refractivity contribution in [3.63, 3.8) is 0 Å². The van der Waals surface area contributed by atoms with Crippen LogP contribution in [0.15, 0.2) is 23.1 Å². The third-order valence-corrected chi connectivity index (χ3v) is 5.53. The maximum atomic E-state index is 12.3. The van der Waals surface area contributed by atoms with Crippen LogP contribution in [-0.2, 0) is 16.6 Å². The van der Waals surface area contributed by atoms with E-state index in [2.05, 4.69) is 11.6 Å². The van der Waals surface area contributed by atoms with E-state index >= 15 is 0 Å². The van der Waals surface area contributed by atoms with E-state index in [1.807, 2.05) is 0 Å². The van der Waals surface area contributed by atoms with Crippen LogP contribution < -0.4 is 15.2 Å². The maximum Gasteiger partial charge on any atom is 0.240 e. The van der Waals surface area contributed by atoms with Crippen LogP contribution in [0.25, 0.3) is 0 Å². The van der Waals surface area contributed by atoms with Crippen molar-refractivity contribution >= 4 is 10.0 Å². The molecule has 1 aromatic rings. The molecule has 0 saturated heterocycles. The zero-order valence-corrected chi connectivity index (χ0v) is 12.8. The third kappa shape index (κ3) is 3.13. The monoisotopic (exact) mass is 298 g/mol. The lowest BCUT2D eigenvalue weighted by Gasteiger charge is -2.15. The molecule has 0 spiro atoms. The molecule has 112 valence electrons. The Morgan fingerprint density at radius 2 is 2.10 bits per heavy atom. The fraction of sp³-hybridized carbons (Fsp3) is 0.571. The zero-order valence-electron chi connectivity index (χ0n) is 12.0. The van der Waals surface area contributed by atoms with Crippen molar-refractivity contribution in [2.24, 2.45) is 11.1 Å². The van der Waals surface area contributed by atoms with Crippen LogP contribution in [0, 0.1) is 5.41 Å². The predicted molar refractivity (Wildman–Crippen MR) is 78.0 cm³/mol. The molecule has 0 heterocycles. The van der Waals surface area contributed by atoms with Crippen molar-refractivity contribution in [3.8, 4) is 5.75 Å². The molecule has 1 aliphatic rings. The van der Waals surface area contributed by atoms with Gasteiger partial charge in [-0.25, -0.2) is 13.1 Å². The van der Waals surface area contributed by atoms with Crippen LogP contribution in [0.4, 0.5) is 0 Å². The Labute approximate surface area is 120 Å². The molecule has 0 amide bonds. The van der Waals surface area contributed by atoms with Gasteiger partial charge in [-0.05, 0) is 42.9 Å². The van der Waals surface area contributed by atoms with Crippen molar-refractivity contribution in [2.75, 3.05) is 13.7 Å². The van der Waals surface area contributed by atoms with Crippen LogP contribution in [-0.4, -0.2) is 22.1 Å². The fourth-order valence-electron chi connectivity index (χ4n) is 2.25. The topological polar surface area (TPSA) is 81.4 Å². The molecule has 1 aromatic carbocycles. The van der Waals surface area contributed by atoms with Gasteiger partial charge < -0.3 is 10.5 Å². The lowest BCUT2D eigenvalue weighted by Crippen LogP contribution is -2.30. The van der Waals surface area contributed by atoms with E-state index in [0.717, 1.165) is 19.3 Å². The third-order valence-electron chi connectivity index (χ3n) is 4.13. The maximum absolute atomic E-state index is 12.3. The minimum Gasteiger partial charge on any atom is -0.496 e. The second-order valence-corrected chi connectivity index (χ2v) is 7.12. The molecule has 0 unspecified atom stereocenters. The van der Waals surface area contributed by atoms with Crippen LogP contribution in [0.5, 0.6) is 5.75 Å². The average molecular weight is 298 g/mol. The van der Waals surface area contributed by atoms with Gasteiger partial charge in [-0.15, -0.1) is 0 Å². The van der Waals surface area contributed by atoms with Gasteiger partial charge in [-0.2, -0.15) is 0 Å². The van der Waals surface area contributed by atoms with E-state index in [0.29, 0.717) is 17.9 Å². The Morgan fingerprint density at radius 1 is 1.40 bits per heavy atom. The van der Waals surface area contributed by atoms with E-state index < -0.39 is 10.0 Å². The Morgan fingerprint density at radius 3 is 2.60 bits per heavy atom. The van der Waals surface area contributed by atoms with Gasteiger partial charge in [0, 0.05) is 18.7 Å². The van der Waals surface area contributed by atoms with E-state index in [4.69, 9.17) is 10.5 Å². The molecule has 5 nitrogen and oxygen atoms in total. The molecule has 1 saturated carbocycles. The molecule has 20 heavy (non-hydrogen) atoms. The average Bonchev–Trinajstić information content (AvgIpc) is 3.25. The van der Waals surface area contributed by atoms with Crippen LogP contribution in [0.3, 0.4) is 0 Å². The highest BCUT2D eigenvalue weighted by Gasteiger charge is 2.41. The molecule has 1 aliphatic carbocycles. The summed E-state index contributed by atoms with van der Waals surface area (Å²) >= 11 is 0. The van der Waals surface area contributed by atoms with Gasteiger partial charge in [-0.3, -0.25) is 0 Å². The van der Waals surface area contributed by atoms with E-state index in [9.17, 15) is 8.42 Å². The normalized spacial score (nSPS) is 16.9. The number of nitrogens with two attached hydrogens (primary N) is 1. The summed E-state index contributed by atoms with van der Waals surface area (Å²) in [6.07, 6.45) is 3.21. The standard InChI is InChI=1S/C14H22N2O3S/c1-3-14(6-7-14)10-16-20(17,18)12-4-5-13(19-2)11(8-12)9-15/h4-5,8,16H,3,6-7,9-10,15H2,1-2H3. The second-order valence-electron chi connectivity index (χ2n) is 5.36. The summed E-state index contributed by atoms with van der Waals surface area (Å²) in [4.78, 5) is 0.241. The molecule has 0 bridgehead atoms. The van der Waals surface area contributed by atoms with Crippen LogP contribution in [0.1, 0.15) is 31.7 Å². The van der Waals surface area contributed by atoms with E-state index in [1.165, 1.54) is 0 Å². The lowest BCUT2D eigenvalue weighted by atomic mass is 10.1. The van der Waals surface area contributed by atoms with Crippen molar-refractivity contribution in [3.05, 3.63) is 23.8 Å². The molecule has 0 aromatic heterocycles. The van der Waals surface area contributed by atoms with Gasteiger partial charge in [-0.1, -0.05) is 6.92 Å². The summed E-state index contributed by atoms with van der Waals surface area (Å²) in [6.45, 7) is 2.85. The summed E-state index contributed by atoms with van der Waals surface area (Å²) in [7, 11) is -1.94. The Bertz CT molecular complexity index is 580. The molecule has 6 heteroatoms. The molecule has 1 fully saturated rings. The molecule has 0 radical (unpaired) electrons. The number of benzene rings is 1. The van der Waals surface area contributed by atoms with Crippen LogP contribution in [0.2, 0.25) is 0 Å². The highest BCUT2D eigenvalue weighted by atomic mass is 32.2. The SMILES string of the molecule is CCC1(CNS(=O)(=O)c2ccc(OC)c(CN)c2)CC1. The van der Waals surface area contributed by atoms with E-state index in [-0.39, 0.29) is 16.9 Å². The predicted octanol–water partition coefficient (Wildman–Crippen LogP) is 1.62. The number of ether oxygens (including phenoxy) is 1. The first-order valence-corrected chi connectivity index (χ1v) is 8.31. The number of methoxy groups -OCH3 is 1. The number of nitrogens with one attached hydrogen (secondary N) is 1. The molecule has 3 N–H and O–H groups in total. The quantitative estimate of drug-likeness (QED) is 0.801. The van der Waals surface area contributed by atoms with Gasteiger partial charge in [0.15, 0.2) is 0 Å². The Balaban J connectivity index is 2.16. The van der Waals surface area contributed by atoms with Gasteiger partial charge in [0.05, 0.1) is 12.0 Å². The zero-order chi connectivity index (χ0) is 14.8. The van der Waals surface area contributed by atoms with Crippen molar-refractivity contribution < 1.29 is 13.2 Å². The van der Waals surface area contributed by atoms with Crippen LogP contribution >= 0.6 is 0 Å². The summed E-state index contributed by atoms with van der Waals surface area (Å²) in [5.74, 6) is 0.610. The first-order chi connectivity index (χ1) is 9.46. The second kappa shape index (κ2) is 5.71. The minimum absolute atomic E-state index is 0.177. The molecule has 0 atom stereocenters. The van der Waals surface area contributed by atoms with Gasteiger partial charge in [0.2, 0.25) is 10.0 Å². The highest BCUT2D eigenvalue weighted by molar-refractivity contribution is 7.89. The summed E-state index contributed by atoms with van der Waals surface area (Å²) in [5, 5.41) is 0. The largest absolute Gasteiger partial charge is 0.496 e. The van der Waals surface area contributed by atoms with Crippen molar-refractivity contribution in [2.45, 2.75) is 37.6 Å². The van der Waals surface area contributed by atoms with Crippen molar-refractivity contribution in [1.29, 1.82) is 0 Å². The Kier molecular flexibility index (Phi) is 4.36. The van der Waals surface area contributed by atoms with Gasteiger partial charge in [0.1, 0.15) is 5.75 Å². The highest BCUT2D eigenvalue weighted by Crippen LogP contribution is 2.48. The first kappa shape index (κ1) is 15.3. The smallest absolute Gasteiger partial charge is 0.240 e. The molecule has 2 rings (SSSR count). The van der Waals surface area contributed by atoms with Gasteiger partial charge in [0.25, 0.3) is 0 Å². The first-order valence-electron chi connectivity index (χ1n) is 6.83. The van der Waals surface area contributed by atoms with Crippen molar-refractivity contribution in [1.82, 2.24) is 4.72 Å².